The third kappa shape index (κ3) is 10.3. The molecule has 25 heavy (non-hydrogen) atoms. The predicted octanol–water partition coefficient (Wildman–Crippen LogP) is 7.16. The highest BCUT2D eigenvalue weighted by Crippen LogP contribution is 2.38. The van der Waals surface area contributed by atoms with Crippen LogP contribution in [0.3, 0.4) is 0 Å². The number of aliphatic hydroxyl groups is 1. The molecule has 1 aliphatic rings. The summed E-state index contributed by atoms with van der Waals surface area (Å²) in [6.07, 6.45) is 20.2. The molecule has 0 aromatic rings. The molecule has 2 heteroatoms. The summed E-state index contributed by atoms with van der Waals surface area (Å²) < 4.78 is 5.72. The maximum Gasteiger partial charge on any atom is 0.110 e. The van der Waals surface area contributed by atoms with Crippen molar-refractivity contribution in [3.05, 3.63) is 12.3 Å². The number of hydrogen-bond acceptors (Lipinski definition) is 2. The van der Waals surface area contributed by atoms with Crippen LogP contribution in [-0.2, 0) is 4.74 Å². The summed E-state index contributed by atoms with van der Waals surface area (Å²) in [5.74, 6) is 1.45. The summed E-state index contributed by atoms with van der Waals surface area (Å²) in [6.45, 7) is 8.53. The predicted molar refractivity (Wildman–Crippen MR) is 109 cm³/mol. The van der Waals surface area contributed by atoms with Gasteiger partial charge in [0.1, 0.15) is 6.10 Å². The molecule has 0 bridgehead atoms. The molecular formula is C23H44O2. The van der Waals surface area contributed by atoms with Crippen molar-refractivity contribution in [2.75, 3.05) is 0 Å². The molecule has 0 saturated carbocycles. The topological polar surface area (TPSA) is 29.5 Å². The monoisotopic (exact) mass is 352 g/mol. The summed E-state index contributed by atoms with van der Waals surface area (Å²) >= 11 is 0. The van der Waals surface area contributed by atoms with Crippen LogP contribution >= 0.6 is 0 Å². The Morgan fingerprint density at radius 3 is 1.92 bits per heavy atom. The van der Waals surface area contributed by atoms with E-state index in [9.17, 15) is 5.11 Å². The summed E-state index contributed by atoms with van der Waals surface area (Å²) in [5.41, 5.74) is 0. The molecule has 0 spiro atoms. The van der Waals surface area contributed by atoms with Gasteiger partial charge in [-0.2, -0.15) is 0 Å². The van der Waals surface area contributed by atoms with Gasteiger partial charge in [0, 0.05) is 6.42 Å². The molecule has 0 aromatic carbocycles. The van der Waals surface area contributed by atoms with Gasteiger partial charge < -0.3 is 9.84 Å². The van der Waals surface area contributed by atoms with E-state index < -0.39 is 0 Å². The fourth-order valence-electron chi connectivity index (χ4n) is 3.93. The van der Waals surface area contributed by atoms with E-state index in [2.05, 4.69) is 20.4 Å². The van der Waals surface area contributed by atoms with Crippen molar-refractivity contribution in [3.8, 4) is 0 Å². The van der Waals surface area contributed by atoms with Crippen molar-refractivity contribution in [3.63, 3.8) is 0 Å². The van der Waals surface area contributed by atoms with E-state index in [0.29, 0.717) is 5.92 Å². The zero-order valence-electron chi connectivity index (χ0n) is 17.1. The lowest BCUT2D eigenvalue weighted by molar-refractivity contribution is -0.0722. The van der Waals surface area contributed by atoms with Crippen molar-refractivity contribution in [2.24, 2.45) is 5.92 Å². The summed E-state index contributed by atoms with van der Waals surface area (Å²) in [7, 11) is 0. The third-order valence-corrected chi connectivity index (χ3v) is 5.68. The summed E-state index contributed by atoms with van der Waals surface area (Å²) in [4.78, 5) is 0. The highest BCUT2D eigenvalue weighted by Gasteiger charge is 2.37. The van der Waals surface area contributed by atoms with E-state index in [-0.39, 0.29) is 12.2 Å². The summed E-state index contributed by atoms with van der Waals surface area (Å²) in [6, 6.07) is 0. The van der Waals surface area contributed by atoms with Crippen molar-refractivity contribution >= 4 is 0 Å². The minimum Gasteiger partial charge on any atom is -0.494 e. The largest absolute Gasteiger partial charge is 0.494 e. The molecule has 1 saturated heterocycles. The van der Waals surface area contributed by atoms with Crippen LogP contribution in [0.4, 0.5) is 0 Å². The Labute approximate surface area is 157 Å². The van der Waals surface area contributed by atoms with Crippen LogP contribution < -0.4 is 0 Å². The Hall–Kier alpha value is -0.500. The van der Waals surface area contributed by atoms with Crippen molar-refractivity contribution in [1.82, 2.24) is 0 Å². The Bertz CT molecular complexity index is 326. The second kappa shape index (κ2) is 14.6. The molecule has 3 atom stereocenters. The van der Waals surface area contributed by atoms with Crippen LogP contribution in [0.2, 0.25) is 0 Å². The molecule has 148 valence electrons. The standard InChI is InChI=1S/C23H44O2/c1-4-6-8-10-11-12-13-14-15-17-21(24)19-23-22(20(3)25-23)18-16-9-7-5-2/h21-24H,3-19H2,1-2H3/t21-,22-,23+/m1/s1. The van der Waals surface area contributed by atoms with Gasteiger partial charge >= 0.3 is 0 Å². The van der Waals surface area contributed by atoms with Crippen LogP contribution in [0.25, 0.3) is 0 Å². The first-order chi connectivity index (χ1) is 12.2. The SMILES string of the molecule is C=C1O[C@@H](C[C@H](O)CCCCCCCCCCC)[C@@H]1CCCCCC. The second-order valence-electron chi connectivity index (χ2n) is 8.09. The minimum absolute atomic E-state index is 0.194. The van der Waals surface area contributed by atoms with Crippen molar-refractivity contribution < 1.29 is 9.84 Å². The average molecular weight is 353 g/mol. The second-order valence-corrected chi connectivity index (χ2v) is 8.09. The van der Waals surface area contributed by atoms with Crippen molar-refractivity contribution in [2.45, 2.75) is 129 Å². The van der Waals surface area contributed by atoms with Crippen LogP contribution in [0, 0.1) is 5.92 Å². The Kier molecular flexibility index (Phi) is 13.2. The molecule has 0 aromatic heterocycles. The lowest BCUT2D eigenvalue weighted by atomic mass is 9.85. The van der Waals surface area contributed by atoms with Gasteiger partial charge in [-0.1, -0.05) is 104 Å². The van der Waals surface area contributed by atoms with Crippen LogP contribution in [0.15, 0.2) is 12.3 Å². The van der Waals surface area contributed by atoms with E-state index in [0.717, 1.165) is 25.0 Å². The van der Waals surface area contributed by atoms with Crippen LogP contribution in [0.5, 0.6) is 0 Å². The first kappa shape index (κ1) is 22.5. The van der Waals surface area contributed by atoms with E-state index in [1.165, 1.54) is 83.5 Å². The molecule has 0 aliphatic carbocycles. The highest BCUT2D eigenvalue weighted by atomic mass is 16.5. The number of ether oxygens (including phenoxy) is 1. The van der Waals surface area contributed by atoms with Gasteiger partial charge in [0.25, 0.3) is 0 Å². The zero-order chi connectivity index (χ0) is 18.3. The number of hydrogen-bond donors (Lipinski definition) is 1. The molecular weight excluding hydrogens is 308 g/mol. The molecule has 0 unspecified atom stereocenters. The highest BCUT2D eigenvalue weighted by molar-refractivity contribution is 5.05. The van der Waals surface area contributed by atoms with Gasteiger partial charge in [-0.15, -0.1) is 0 Å². The molecule has 1 aliphatic heterocycles. The van der Waals surface area contributed by atoms with Gasteiger partial charge in [0.15, 0.2) is 0 Å². The van der Waals surface area contributed by atoms with Gasteiger partial charge in [0.2, 0.25) is 0 Å². The smallest absolute Gasteiger partial charge is 0.110 e. The molecule has 0 amide bonds. The molecule has 0 radical (unpaired) electrons. The molecule has 1 rings (SSSR count). The van der Waals surface area contributed by atoms with Crippen LogP contribution in [0.1, 0.15) is 117 Å². The van der Waals surface area contributed by atoms with Crippen molar-refractivity contribution in [1.29, 1.82) is 0 Å². The summed E-state index contributed by atoms with van der Waals surface area (Å²) in [5, 5.41) is 10.3. The Balaban J connectivity index is 1.98. The first-order valence-corrected chi connectivity index (χ1v) is 11.2. The normalized spacial score (nSPS) is 21.0. The lowest BCUT2D eigenvalue weighted by Crippen LogP contribution is -2.39. The maximum atomic E-state index is 10.3. The van der Waals surface area contributed by atoms with E-state index in [4.69, 9.17) is 4.74 Å². The lowest BCUT2D eigenvalue weighted by Gasteiger charge is -2.40. The number of rotatable bonds is 17. The van der Waals surface area contributed by atoms with E-state index >= 15 is 0 Å². The fourth-order valence-corrected chi connectivity index (χ4v) is 3.93. The molecule has 1 N–H and O–H groups in total. The van der Waals surface area contributed by atoms with Crippen LogP contribution in [-0.4, -0.2) is 17.3 Å². The average Bonchev–Trinajstić information content (AvgIpc) is 2.59. The molecule has 1 heterocycles. The minimum atomic E-state index is -0.194. The van der Waals surface area contributed by atoms with Gasteiger partial charge in [-0.25, -0.2) is 0 Å². The zero-order valence-corrected chi connectivity index (χ0v) is 17.1. The maximum absolute atomic E-state index is 10.3. The van der Waals surface area contributed by atoms with E-state index in [1.54, 1.807) is 0 Å². The van der Waals surface area contributed by atoms with E-state index in [1.807, 2.05) is 0 Å². The van der Waals surface area contributed by atoms with Gasteiger partial charge in [-0.05, 0) is 12.8 Å². The first-order valence-electron chi connectivity index (χ1n) is 11.2. The van der Waals surface area contributed by atoms with Gasteiger partial charge in [-0.3, -0.25) is 0 Å². The molecule has 1 fully saturated rings. The molecule has 2 nitrogen and oxygen atoms in total. The number of aliphatic hydroxyl groups excluding tert-OH is 1. The Morgan fingerprint density at radius 2 is 1.36 bits per heavy atom. The fraction of sp³-hybridized carbons (Fsp3) is 0.913. The van der Waals surface area contributed by atoms with Gasteiger partial charge in [0.05, 0.1) is 17.8 Å². The quantitative estimate of drug-likeness (QED) is 0.281. The Morgan fingerprint density at radius 1 is 0.840 bits per heavy atom. The number of unbranched alkanes of at least 4 members (excludes halogenated alkanes) is 11. The third-order valence-electron chi connectivity index (χ3n) is 5.68.